The summed E-state index contributed by atoms with van der Waals surface area (Å²) in [6, 6.07) is 0. The molecule has 0 aliphatic rings. The zero-order valence-corrected chi connectivity index (χ0v) is 9.99. The van der Waals surface area contributed by atoms with Gasteiger partial charge in [-0.3, -0.25) is 14.4 Å². The van der Waals surface area contributed by atoms with Gasteiger partial charge in [-0.1, -0.05) is 0 Å². The van der Waals surface area contributed by atoms with Gasteiger partial charge in [-0.25, -0.2) is 0 Å². The number of aliphatic carboxylic acids is 1. The van der Waals surface area contributed by atoms with Gasteiger partial charge in [-0.2, -0.15) is 0 Å². The molecule has 0 aromatic carbocycles. The van der Waals surface area contributed by atoms with E-state index in [1.807, 2.05) is 0 Å². The van der Waals surface area contributed by atoms with E-state index in [9.17, 15) is 14.4 Å². The molecule has 0 aliphatic carbocycles. The van der Waals surface area contributed by atoms with Crippen molar-refractivity contribution in [1.82, 2.24) is 10.6 Å². The van der Waals surface area contributed by atoms with E-state index >= 15 is 0 Å². The maximum Gasteiger partial charge on any atom is 0.306 e. The molecule has 0 heterocycles. The van der Waals surface area contributed by atoms with Crippen LogP contribution in [0.1, 0.15) is 19.8 Å². The maximum absolute atomic E-state index is 11.3. The highest BCUT2D eigenvalue weighted by molar-refractivity contribution is 5.78. The third-order valence-corrected chi connectivity index (χ3v) is 1.99. The molecule has 0 aliphatic heterocycles. The largest absolute Gasteiger partial charge is 0.481 e. The summed E-state index contributed by atoms with van der Waals surface area (Å²) in [4.78, 5) is 32.2. The second-order valence-corrected chi connectivity index (χ2v) is 3.49. The van der Waals surface area contributed by atoms with Gasteiger partial charge in [-0.05, 0) is 0 Å². The average molecular weight is 246 g/mol. The summed E-state index contributed by atoms with van der Waals surface area (Å²) in [6.07, 6.45) is -0.553. The second-order valence-electron chi connectivity index (χ2n) is 3.49. The van der Waals surface area contributed by atoms with Crippen molar-refractivity contribution in [1.29, 1.82) is 0 Å². The van der Waals surface area contributed by atoms with Crippen LogP contribution in [0.25, 0.3) is 0 Å². The number of carboxylic acids is 1. The summed E-state index contributed by atoms with van der Waals surface area (Å²) in [5, 5.41) is 13.6. The summed E-state index contributed by atoms with van der Waals surface area (Å²) >= 11 is 0. The molecule has 0 fully saturated rings. The molecule has 1 atom stereocenters. The summed E-state index contributed by atoms with van der Waals surface area (Å²) in [5.41, 5.74) is 0. The number of carbonyl (C=O) groups excluding carboxylic acids is 2. The first-order valence-electron chi connectivity index (χ1n) is 5.21. The van der Waals surface area contributed by atoms with Crippen LogP contribution < -0.4 is 10.6 Å². The van der Waals surface area contributed by atoms with Crippen molar-refractivity contribution in [3.8, 4) is 0 Å². The number of hydrogen-bond acceptors (Lipinski definition) is 4. The lowest BCUT2D eigenvalue weighted by molar-refractivity contribution is -0.140. The van der Waals surface area contributed by atoms with Gasteiger partial charge in [-0.15, -0.1) is 0 Å². The van der Waals surface area contributed by atoms with Crippen LogP contribution in [0, 0.1) is 0 Å². The average Bonchev–Trinajstić information content (AvgIpc) is 2.23. The Balaban J connectivity index is 3.73. The fourth-order valence-electron chi connectivity index (χ4n) is 1.10. The van der Waals surface area contributed by atoms with Gasteiger partial charge >= 0.3 is 5.97 Å². The Morgan fingerprint density at radius 1 is 1.29 bits per heavy atom. The number of carboxylic acid groups (broad SMARTS) is 1. The van der Waals surface area contributed by atoms with Gasteiger partial charge in [0.1, 0.15) is 0 Å². The van der Waals surface area contributed by atoms with Gasteiger partial charge in [0.05, 0.1) is 12.5 Å². The van der Waals surface area contributed by atoms with Crippen LogP contribution >= 0.6 is 0 Å². The molecule has 0 saturated carbocycles. The Morgan fingerprint density at radius 2 is 1.94 bits per heavy atom. The predicted octanol–water partition coefficient (Wildman–Crippen LogP) is -0.881. The van der Waals surface area contributed by atoms with E-state index in [2.05, 4.69) is 10.6 Å². The molecule has 1 unspecified atom stereocenters. The van der Waals surface area contributed by atoms with Crippen LogP contribution in [0.5, 0.6) is 0 Å². The van der Waals surface area contributed by atoms with Crippen LogP contribution in [0.2, 0.25) is 0 Å². The molecule has 0 aromatic rings. The third-order valence-electron chi connectivity index (χ3n) is 1.99. The van der Waals surface area contributed by atoms with Gasteiger partial charge in [0.25, 0.3) is 0 Å². The highest BCUT2D eigenvalue weighted by Gasteiger charge is 2.13. The topological polar surface area (TPSA) is 105 Å². The van der Waals surface area contributed by atoms with Crippen LogP contribution in [-0.2, 0) is 19.1 Å². The van der Waals surface area contributed by atoms with Crippen molar-refractivity contribution >= 4 is 17.8 Å². The van der Waals surface area contributed by atoms with E-state index < -0.39 is 12.1 Å². The van der Waals surface area contributed by atoms with E-state index in [-0.39, 0.29) is 37.7 Å². The molecule has 0 bridgehead atoms. The lowest BCUT2D eigenvalue weighted by Gasteiger charge is -2.13. The van der Waals surface area contributed by atoms with E-state index in [0.29, 0.717) is 0 Å². The number of carbonyl (C=O) groups is 3. The molecule has 0 saturated heterocycles. The molecule has 0 rings (SSSR count). The Bertz CT molecular complexity index is 280. The van der Waals surface area contributed by atoms with Gasteiger partial charge in [0, 0.05) is 33.5 Å². The quantitative estimate of drug-likeness (QED) is 0.516. The first kappa shape index (κ1) is 15.4. The van der Waals surface area contributed by atoms with E-state index in [1.54, 1.807) is 0 Å². The SMILES string of the molecule is COC(CNC(=O)CCNC(C)=O)CC(=O)O. The normalized spacial score (nSPS) is 11.6. The van der Waals surface area contributed by atoms with Crippen molar-refractivity contribution in [2.75, 3.05) is 20.2 Å². The number of methoxy groups -OCH3 is 1. The third kappa shape index (κ3) is 9.31. The van der Waals surface area contributed by atoms with Crippen LogP contribution in [0.15, 0.2) is 0 Å². The minimum atomic E-state index is -0.982. The van der Waals surface area contributed by atoms with E-state index in [4.69, 9.17) is 9.84 Å². The predicted molar refractivity (Wildman–Crippen MR) is 59.4 cm³/mol. The van der Waals surface area contributed by atoms with Gasteiger partial charge in [0.2, 0.25) is 11.8 Å². The number of nitrogens with one attached hydrogen (secondary N) is 2. The van der Waals surface area contributed by atoms with Crippen LogP contribution in [-0.4, -0.2) is 49.2 Å². The molecule has 0 radical (unpaired) electrons. The fourth-order valence-corrected chi connectivity index (χ4v) is 1.10. The van der Waals surface area contributed by atoms with Crippen molar-refractivity contribution < 1.29 is 24.2 Å². The lowest BCUT2D eigenvalue weighted by Crippen LogP contribution is -2.36. The van der Waals surface area contributed by atoms with Crippen molar-refractivity contribution in [2.24, 2.45) is 0 Å². The second kappa shape index (κ2) is 8.51. The molecule has 0 spiro atoms. The number of ether oxygens (including phenoxy) is 1. The maximum atomic E-state index is 11.3. The Morgan fingerprint density at radius 3 is 2.41 bits per heavy atom. The standard InChI is InChI=1S/C10H18N2O5/c1-7(13)11-4-3-9(14)12-6-8(17-2)5-10(15)16/h8H,3-6H2,1-2H3,(H,11,13)(H,12,14)(H,15,16). The molecule has 2 amide bonds. The fraction of sp³-hybridized carbons (Fsp3) is 0.700. The highest BCUT2D eigenvalue weighted by atomic mass is 16.5. The summed E-state index contributed by atoms with van der Waals surface area (Å²) in [6.45, 7) is 1.77. The molecule has 0 aromatic heterocycles. The monoisotopic (exact) mass is 246 g/mol. The first-order valence-corrected chi connectivity index (χ1v) is 5.21. The summed E-state index contributed by atoms with van der Waals surface area (Å²) in [5.74, 6) is -1.44. The van der Waals surface area contributed by atoms with E-state index in [0.717, 1.165) is 0 Å². The Kier molecular flexibility index (Phi) is 7.70. The van der Waals surface area contributed by atoms with Crippen LogP contribution in [0.3, 0.4) is 0 Å². The molecular weight excluding hydrogens is 228 g/mol. The smallest absolute Gasteiger partial charge is 0.306 e. The minimum Gasteiger partial charge on any atom is -0.481 e. The Labute approximate surface area is 99.5 Å². The van der Waals surface area contributed by atoms with Crippen molar-refractivity contribution in [3.05, 3.63) is 0 Å². The van der Waals surface area contributed by atoms with Crippen molar-refractivity contribution in [2.45, 2.75) is 25.9 Å². The number of rotatable bonds is 8. The number of amides is 2. The van der Waals surface area contributed by atoms with Gasteiger partial charge in [0.15, 0.2) is 0 Å². The molecule has 7 nitrogen and oxygen atoms in total. The summed E-state index contributed by atoms with van der Waals surface area (Å²) in [7, 11) is 1.39. The lowest BCUT2D eigenvalue weighted by atomic mass is 10.2. The zero-order chi connectivity index (χ0) is 13.3. The number of hydrogen-bond donors (Lipinski definition) is 3. The highest BCUT2D eigenvalue weighted by Crippen LogP contribution is 1.95. The summed E-state index contributed by atoms with van der Waals surface area (Å²) < 4.78 is 4.89. The first-order chi connectivity index (χ1) is 7.95. The molecule has 3 N–H and O–H groups in total. The zero-order valence-electron chi connectivity index (χ0n) is 9.99. The van der Waals surface area contributed by atoms with E-state index in [1.165, 1.54) is 14.0 Å². The molecule has 7 heteroatoms. The molecule has 17 heavy (non-hydrogen) atoms. The van der Waals surface area contributed by atoms with Crippen LogP contribution in [0.4, 0.5) is 0 Å². The van der Waals surface area contributed by atoms with Gasteiger partial charge < -0.3 is 20.5 Å². The molecule has 98 valence electrons. The van der Waals surface area contributed by atoms with Crippen molar-refractivity contribution in [3.63, 3.8) is 0 Å². The Hall–Kier alpha value is -1.63. The molecular formula is C10H18N2O5. The minimum absolute atomic E-state index is 0.141.